The van der Waals surface area contributed by atoms with Crippen molar-refractivity contribution in [1.29, 1.82) is 5.26 Å². The van der Waals surface area contributed by atoms with E-state index in [4.69, 9.17) is 0 Å². The van der Waals surface area contributed by atoms with Crippen LogP contribution in [0.25, 0.3) is 5.57 Å². The maximum absolute atomic E-state index is 10.8. The van der Waals surface area contributed by atoms with Gasteiger partial charge in [0.15, 0.2) is 0 Å². The van der Waals surface area contributed by atoms with Crippen LogP contribution < -0.4 is 0 Å². The molecule has 4 nitrogen and oxygen atoms in total. The van der Waals surface area contributed by atoms with E-state index in [2.05, 4.69) is 16.1 Å². The molecule has 0 fully saturated rings. The molecule has 0 spiro atoms. The molecule has 1 aromatic rings. The molecule has 0 radical (unpaired) electrons. The van der Waals surface area contributed by atoms with Crippen molar-refractivity contribution < 1.29 is 9.63 Å². The highest BCUT2D eigenvalue weighted by Gasteiger charge is 2.11. The van der Waals surface area contributed by atoms with Crippen molar-refractivity contribution in [3.63, 3.8) is 0 Å². The van der Waals surface area contributed by atoms with Gasteiger partial charge in [-0.25, -0.2) is 4.79 Å². The van der Waals surface area contributed by atoms with Gasteiger partial charge in [-0.15, -0.1) is 0 Å². The van der Waals surface area contributed by atoms with Crippen LogP contribution in [0.4, 0.5) is 0 Å². The van der Waals surface area contributed by atoms with E-state index in [9.17, 15) is 10.1 Å². The van der Waals surface area contributed by atoms with Crippen LogP contribution >= 0.6 is 0 Å². The molecule has 0 aromatic heterocycles. The van der Waals surface area contributed by atoms with Gasteiger partial charge in [0.1, 0.15) is 11.8 Å². The first-order valence-electron chi connectivity index (χ1n) is 6.44. The van der Waals surface area contributed by atoms with Crippen molar-refractivity contribution in [2.45, 2.75) is 13.8 Å². The lowest BCUT2D eigenvalue weighted by Crippen LogP contribution is -2.04. The van der Waals surface area contributed by atoms with E-state index in [1.54, 1.807) is 12.2 Å². The molecule has 0 unspecified atom stereocenters. The summed E-state index contributed by atoms with van der Waals surface area (Å²) in [5.74, 6) is -0.466. The smallest absolute Gasteiger partial charge is 0.318 e. The standard InChI is InChI=1S/C17H14N2O2/c1-12-10-15(8-9-17(12)19-21-13(2)20)16(11-18)14-6-4-3-5-7-14/h3-10H,1-2H3/b16-15+,19-17?. The molecule has 1 aliphatic rings. The molecule has 21 heavy (non-hydrogen) atoms. The van der Waals surface area contributed by atoms with Gasteiger partial charge in [-0.1, -0.05) is 41.6 Å². The number of hydrogen-bond donors (Lipinski definition) is 0. The average Bonchev–Trinajstić information content (AvgIpc) is 2.48. The number of allylic oxidation sites excluding steroid dienone is 6. The number of nitriles is 1. The van der Waals surface area contributed by atoms with E-state index in [0.717, 1.165) is 16.7 Å². The summed E-state index contributed by atoms with van der Waals surface area (Å²) >= 11 is 0. The van der Waals surface area contributed by atoms with E-state index >= 15 is 0 Å². The van der Waals surface area contributed by atoms with Crippen molar-refractivity contribution in [2.75, 3.05) is 0 Å². The van der Waals surface area contributed by atoms with Crippen molar-refractivity contribution in [2.24, 2.45) is 5.16 Å². The zero-order valence-corrected chi connectivity index (χ0v) is 11.8. The molecule has 0 saturated heterocycles. The van der Waals surface area contributed by atoms with Gasteiger partial charge in [0.2, 0.25) is 0 Å². The SMILES string of the molecule is CC(=O)ON=C1C=C/C(=C(/C#N)c2ccccc2)C=C1C. The highest BCUT2D eigenvalue weighted by atomic mass is 16.7. The number of carbonyl (C=O) groups excluding carboxylic acids is 1. The number of benzene rings is 1. The van der Waals surface area contributed by atoms with Crippen LogP contribution in [-0.4, -0.2) is 11.7 Å². The summed E-state index contributed by atoms with van der Waals surface area (Å²) < 4.78 is 0. The molecule has 1 aromatic carbocycles. The summed E-state index contributed by atoms with van der Waals surface area (Å²) in [6.07, 6.45) is 5.38. The molecule has 4 heteroatoms. The summed E-state index contributed by atoms with van der Waals surface area (Å²) in [4.78, 5) is 15.4. The minimum Gasteiger partial charge on any atom is -0.318 e. The molecule has 0 bridgehead atoms. The third kappa shape index (κ3) is 3.54. The summed E-state index contributed by atoms with van der Waals surface area (Å²) in [5, 5.41) is 13.2. The average molecular weight is 278 g/mol. The Kier molecular flexibility index (Phi) is 4.47. The van der Waals surface area contributed by atoms with Gasteiger partial charge in [-0.3, -0.25) is 0 Å². The molecule has 0 N–H and O–H groups in total. The Labute approximate surface area is 123 Å². The van der Waals surface area contributed by atoms with Gasteiger partial charge in [-0.05, 0) is 35.8 Å². The predicted molar refractivity (Wildman–Crippen MR) is 81.1 cm³/mol. The van der Waals surface area contributed by atoms with Gasteiger partial charge in [0.25, 0.3) is 0 Å². The van der Waals surface area contributed by atoms with Gasteiger partial charge in [0.05, 0.1) is 5.57 Å². The quantitative estimate of drug-likeness (QED) is 0.473. The van der Waals surface area contributed by atoms with Crippen LogP contribution in [0.1, 0.15) is 19.4 Å². The largest absolute Gasteiger partial charge is 0.332 e. The lowest BCUT2D eigenvalue weighted by atomic mass is 9.94. The lowest BCUT2D eigenvalue weighted by molar-refractivity contribution is -0.140. The Balaban J connectivity index is 2.38. The normalized spacial score (nSPS) is 18.0. The lowest BCUT2D eigenvalue weighted by Gasteiger charge is -2.10. The number of nitrogens with zero attached hydrogens (tertiary/aromatic N) is 2. The van der Waals surface area contributed by atoms with Crippen LogP contribution in [-0.2, 0) is 9.63 Å². The number of carbonyl (C=O) groups is 1. The van der Waals surface area contributed by atoms with E-state index in [-0.39, 0.29) is 0 Å². The van der Waals surface area contributed by atoms with Crippen molar-refractivity contribution in [1.82, 2.24) is 0 Å². The van der Waals surface area contributed by atoms with Crippen LogP contribution in [0.5, 0.6) is 0 Å². The van der Waals surface area contributed by atoms with Gasteiger partial charge < -0.3 is 4.84 Å². The molecule has 0 amide bonds. The molecule has 1 aliphatic carbocycles. The summed E-state index contributed by atoms with van der Waals surface area (Å²) in [6.45, 7) is 3.15. The molecular formula is C17H14N2O2. The van der Waals surface area contributed by atoms with Crippen molar-refractivity contribution >= 4 is 17.3 Å². The molecule has 0 heterocycles. The molecule has 2 rings (SSSR count). The Hall–Kier alpha value is -2.93. The van der Waals surface area contributed by atoms with Crippen LogP contribution in [0.2, 0.25) is 0 Å². The minimum atomic E-state index is -0.466. The van der Waals surface area contributed by atoms with Crippen molar-refractivity contribution in [3.05, 3.63) is 65.3 Å². The molecule has 0 atom stereocenters. The first kappa shape index (κ1) is 14.5. The summed E-state index contributed by atoms with van der Waals surface area (Å²) in [5.41, 5.74) is 3.67. The minimum absolute atomic E-state index is 0.466. The van der Waals surface area contributed by atoms with E-state index < -0.39 is 5.97 Å². The van der Waals surface area contributed by atoms with Gasteiger partial charge in [-0.2, -0.15) is 5.26 Å². The third-order valence-corrected chi connectivity index (χ3v) is 2.93. The van der Waals surface area contributed by atoms with E-state index in [0.29, 0.717) is 11.3 Å². The van der Waals surface area contributed by atoms with Crippen molar-refractivity contribution in [3.8, 4) is 6.07 Å². The fraction of sp³-hybridized carbons (Fsp3) is 0.118. The number of hydrogen-bond acceptors (Lipinski definition) is 4. The number of rotatable bonds is 2. The topological polar surface area (TPSA) is 62.4 Å². The second kappa shape index (κ2) is 6.49. The monoisotopic (exact) mass is 278 g/mol. The first-order valence-corrected chi connectivity index (χ1v) is 6.44. The zero-order chi connectivity index (χ0) is 15.2. The highest BCUT2D eigenvalue weighted by molar-refractivity contribution is 6.10. The third-order valence-electron chi connectivity index (χ3n) is 2.93. The fourth-order valence-electron chi connectivity index (χ4n) is 1.93. The Morgan fingerprint density at radius 3 is 2.52 bits per heavy atom. The summed E-state index contributed by atoms with van der Waals surface area (Å²) in [6, 6.07) is 11.7. The Morgan fingerprint density at radius 2 is 1.95 bits per heavy atom. The zero-order valence-electron chi connectivity index (χ0n) is 11.8. The number of oxime groups is 1. The van der Waals surface area contributed by atoms with Crippen LogP contribution in [0.3, 0.4) is 0 Å². The van der Waals surface area contributed by atoms with Crippen LogP contribution in [0, 0.1) is 11.3 Å². The maximum Gasteiger partial charge on any atom is 0.332 e. The van der Waals surface area contributed by atoms with Gasteiger partial charge in [0, 0.05) is 6.92 Å². The first-order chi connectivity index (χ1) is 10.1. The highest BCUT2D eigenvalue weighted by Crippen LogP contribution is 2.24. The van der Waals surface area contributed by atoms with Gasteiger partial charge >= 0.3 is 5.97 Å². The van der Waals surface area contributed by atoms with E-state index in [1.165, 1.54) is 6.92 Å². The molecule has 0 saturated carbocycles. The maximum atomic E-state index is 10.8. The second-order valence-electron chi connectivity index (χ2n) is 4.53. The molecular weight excluding hydrogens is 264 g/mol. The Morgan fingerprint density at radius 1 is 1.24 bits per heavy atom. The molecule has 0 aliphatic heterocycles. The van der Waals surface area contributed by atoms with E-state index in [1.807, 2.05) is 43.3 Å². The predicted octanol–water partition coefficient (Wildman–Crippen LogP) is 3.40. The summed E-state index contributed by atoms with van der Waals surface area (Å²) in [7, 11) is 0. The fourth-order valence-corrected chi connectivity index (χ4v) is 1.93. The molecule has 104 valence electrons. The second-order valence-corrected chi connectivity index (χ2v) is 4.53. The van der Waals surface area contributed by atoms with Crippen LogP contribution in [0.15, 0.2) is 64.9 Å². The Bertz CT molecular complexity index is 717.